The number of benzene rings is 1. The van der Waals surface area contributed by atoms with E-state index in [9.17, 15) is 27.2 Å². The Balaban J connectivity index is 1.93. The average Bonchev–Trinajstić information content (AvgIpc) is 2.96. The van der Waals surface area contributed by atoms with E-state index in [1.807, 2.05) is 0 Å². The fraction of sp³-hybridized carbons (Fsp3) is 0.294. The molecule has 0 saturated carbocycles. The first-order valence-electron chi connectivity index (χ1n) is 8.30. The Kier molecular flexibility index (Phi) is 7.40. The predicted octanol–water partition coefficient (Wildman–Crippen LogP) is 1.76. The fourth-order valence-corrected chi connectivity index (χ4v) is 4.09. The van der Waals surface area contributed by atoms with Crippen molar-refractivity contribution in [2.45, 2.75) is 13.8 Å². The Hall–Kier alpha value is -2.86. The molecule has 0 aliphatic rings. The first-order valence-corrected chi connectivity index (χ1v) is 10.9. The number of rotatable bonds is 8. The van der Waals surface area contributed by atoms with E-state index >= 15 is 0 Å². The van der Waals surface area contributed by atoms with Gasteiger partial charge in [0.15, 0.2) is 15.0 Å². The third-order valence-corrected chi connectivity index (χ3v) is 5.79. The van der Waals surface area contributed by atoms with Gasteiger partial charge in [-0.1, -0.05) is 11.3 Å². The largest absolute Gasteiger partial charge is 0.462 e. The van der Waals surface area contributed by atoms with Crippen LogP contribution in [0.15, 0.2) is 24.3 Å². The number of nitrogens with one attached hydrogen (secondary N) is 2. The molecule has 2 aromatic rings. The summed E-state index contributed by atoms with van der Waals surface area (Å²) in [7, 11) is -4.07. The van der Waals surface area contributed by atoms with Gasteiger partial charge in [-0.2, -0.15) is 0 Å². The zero-order valence-corrected chi connectivity index (χ0v) is 17.2. The lowest BCUT2D eigenvalue weighted by atomic mass is 10.3. The van der Waals surface area contributed by atoms with Gasteiger partial charge in [0.2, 0.25) is 11.8 Å². The van der Waals surface area contributed by atoms with Gasteiger partial charge in [-0.3, -0.25) is 9.59 Å². The summed E-state index contributed by atoms with van der Waals surface area (Å²) in [6.45, 7) is 3.37. The van der Waals surface area contributed by atoms with E-state index in [4.69, 9.17) is 4.74 Å². The van der Waals surface area contributed by atoms with Crippen LogP contribution >= 0.6 is 11.3 Å². The Labute approximate surface area is 170 Å². The van der Waals surface area contributed by atoms with Crippen LogP contribution in [0, 0.1) is 12.7 Å². The number of anilines is 2. The molecule has 9 nitrogen and oxygen atoms in total. The van der Waals surface area contributed by atoms with Crippen LogP contribution in [0.5, 0.6) is 0 Å². The van der Waals surface area contributed by atoms with E-state index in [0.29, 0.717) is 5.69 Å². The molecule has 0 radical (unpaired) electrons. The minimum absolute atomic E-state index is 0.0431. The van der Waals surface area contributed by atoms with Crippen LogP contribution in [0.2, 0.25) is 0 Å². The van der Waals surface area contributed by atoms with Gasteiger partial charge in [-0.15, -0.1) is 0 Å². The molecule has 2 N–H and O–H groups in total. The quantitative estimate of drug-likeness (QED) is 0.594. The van der Waals surface area contributed by atoms with Crippen molar-refractivity contribution >= 4 is 49.8 Å². The number of carbonyl (C=O) groups excluding carboxylic acids is 3. The van der Waals surface area contributed by atoms with Gasteiger partial charge in [-0.05, 0) is 38.1 Å². The van der Waals surface area contributed by atoms with E-state index in [2.05, 4.69) is 15.6 Å². The smallest absolute Gasteiger partial charge is 0.350 e. The summed E-state index contributed by atoms with van der Waals surface area (Å²) >= 11 is 0.856. The molecule has 2 amide bonds. The molecule has 1 aromatic carbocycles. The number of thiazole rings is 1. The summed E-state index contributed by atoms with van der Waals surface area (Å²) in [5, 5.41) is 4.64. The molecular weight excluding hydrogens is 425 g/mol. The lowest BCUT2D eigenvalue weighted by molar-refractivity contribution is -0.114. The van der Waals surface area contributed by atoms with Gasteiger partial charge in [0.05, 0.1) is 12.3 Å². The monoisotopic (exact) mass is 443 g/mol. The van der Waals surface area contributed by atoms with Crippen LogP contribution in [0.1, 0.15) is 22.3 Å². The van der Waals surface area contributed by atoms with Crippen molar-refractivity contribution < 1.29 is 31.9 Å². The van der Waals surface area contributed by atoms with Gasteiger partial charge >= 0.3 is 5.97 Å². The van der Waals surface area contributed by atoms with Crippen molar-refractivity contribution in [1.29, 1.82) is 0 Å². The van der Waals surface area contributed by atoms with E-state index in [0.717, 1.165) is 23.5 Å². The Morgan fingerprint density at radius 2 is 1.69 bits per heavy atom. The first kappa shape index (κ1) is 22.4. The molecule has 2 rings (SSSR count). The molecule has 0 fully saturated rings. The normalized spacial score (nSPS) is 11.0. The summed E-state index contributed by atoms with van der Waals surface area (Å²) in [5.74, 6) is -4.73. The minimum atomic E-state index is -4.07. The molecule has 1 aromatic heterocycles. The highest BCUT2D eigenvalue weighted by Gasteiger charge is 2.23. The molecular formula is C17H18FN3O6S2. The third kappa shape index (κ3) is 6.91. The SMILES string of the molecule is CCOC(=O)c1sc(NC(=O)CS(=O)(=O)CC(=O)Nc2ccc(F)cc2)nc1C. The summed E-state index contributed by atoms with van der Waals surface area (Å²) < 4.78 is 41.9. The summed E-state index contributed by atoms with van der Waals surface area (Å²) in [4.78, 5) is 39.8. The van der Waals surface area contributed by atoms with Crippen LogP contribution in [0.4, 0.5) is 15.2 Å². The first-order chi connectivity index (χ1) is 13.6. The number of amides is 2. The molecule has 1 heterocycles. The van der Waals surface area contributed by atoms with Crippen LogP contribution in [-0.4, -0.2) is 49.3 Å². The van der Waals surface area contributed by atoms with Crippen molar-refractivity contribution in [1.82, 2.24) is 4.98 Å². The minimum Gasteiger partial charge on any atom is -0.462 e. The molecule has 0 aliphatic carbocycles. The van der Waals surface area contributed by atoms with Crippen LogP contribution in [0.25, 0.3) is 0 Å². The van der Waals surface area contributed by atoms with Crippen molar-refractivity contribution in [3.05, 3.63) is 40.7 Å². The number of ether oxygens (including phenoxy) is 1. The third-order valence-electron chi connectivity index (χ3n) is 3.33. The number of halogens is 1. The topological polar surface area (TPSA) is 132 Å². The van der Waals surface area contributed by atoms with Gasteiger partial charge in [-0.25, -0.2) is 22.6 Å². The summed E-state index contributed by atoms with van der Waals surface area (Å²) in [5.41, 5.74) is 0.561. The molecule has 0 bridgehead atoms. The highest BCUT2D eigenvalue weighted by molar-refractivity contribution is 7.92. The number of nitrogens with zero attached hydrogens (tertiary/aromatic N) is 1. The van der Waals surface area contributed by atoms with Crippen LogP contribution in [0.3, 0.4) is 0 Å². The Bertz CT molecular complexity index is 1020. The molecule has 0 unspecified atom stereocenters. The van der Waals surface area contributed by atoms with Gasteiger partial charge in [0.25, 0.3) is 0 Å². The standard InChI is InChI=1S/C17H18FN3O6S2/c1-3-27-16(24)15-10(2)19-17(28-15)21-14(23)9-29(25,26)8-13(22)20-12-6-4-11(18)5-7-12/h4-7H,3,8-9H2,1-2H3,(H,20,22)(H,19,21,23). The molecule has 12 heteroatoms. The van der Waals surface area contributed by atoms with Gasteiger partial charge in [0.1, 0.15) is 22.2 Å². The second kappa shape index (κ2) is 9.56. The van der Waals surface area contributed by atoms with Crippen molar-refractivity contribution in [3.63, 3.8) is 0 Å². The van der Waals surface area contributed by atoms with Gasteiger partial charge < -0.3 is 15.4 Å². The van der Waals surface area contributed by atoms with Crippen LogP contribution in [-0.2, 0) is 24.2 Å². The van der Waals surface area contributed by atoms with Crippen molar-refractivity contribution in [2.24, 2.45) is 0 Å². The Morgan fingerprint density at radius 1 is 1.10 bits per heavy atom. The van der Waals surface area contributed by atoms with E-state index in [1.54, 1.807) is 13.8 Å². The molecule has 0 saturated heterocycles. The number of hydrogen-bond donors (Lipinski definition) is 2. The summed E-state index contributed by atoms with van der Waals surface area (Å²) in [6, 6.07) is 4.77. The van der Waals surface area contributed by atoms with Crippen molar-refractivity contribution in [3.8, 4) is 0 Å². The lowest BCUT2D eigenvalue weighted by Gasteiger charge is -2.06. The molecule has 0 atom stereocenters. The van der Waals surface area contributed by atoms with Crippen LogP contribution < -0.4 is 10.6 Å². The zero-order valence-electron chi connectivity index (χ0n) is 15.5. The molecule has 0 aliphatic heterocycles. The Morgan fingerprint density at radius 3 is 2.28 bits per heavy atom. The van der Waals surface area contributed by atoms with E-state index in [-0.39, 0.29) is 22.3 Å². The molecule has 0 spiro atoms. The van der Waals surface area contributed by atoms with Crippen molar-refractivity contribution in [2.75, 3.05) is 28.7 Å². The maximum absolute atomic E-state index is 12.8. The fourth-order valence-electron chi connectivity index (χ4n) is 2.17. The molecule has 156 valence electrons. The molecule has 29 heavy (non-hydrogen) atoms. The number of carbonyl (C=O) groups is 3. The number of esters is 1. The predicted molar refractivity (Wildman–Crippen MR) is 105 cm³/mol. The number of hydrogen-bond acceptors (Lipinski definition) is 8. The second-order valence-electron chi connectivity index (χ2n) is 5.79. The summed E-state index contributed by atoms with van der Waals surface area (Å²) in [6.07, 6.45) is 0. The highest BCUT2D eigenvalue weighted by Crippen LogP contribution is 2.23. The second-order valence-corrected chi connectivity index (χ2v) is 8.85. The van der Waals surface area contributed by atoms with E-state index < -0.39 is 44.9 Å². The average molecular weight is 443 g/mol. The number of aryl methyl sites for hydroxylation is 1. The van der Waals surface area contributed by atoms with E-state index in [1.165, 1.54) is 12.1 Å². The lowest BCUT2D eigenvalue weighted by Crippen LogP contribution is -2.30. The number of aromatic nitrogens is 1. The van der Waals surface area contributed by atoms with Gasteiger partial charge in [0, 0.05) is 5.69 Å². The zero-order chi connectivity index (χ0) is 21.6. The maximum atomic E-state index is 12.8. The maximum Gasteiger partial charge on any atom is 0.350 e. The highest BCUT2D eigenvalue weighted by atomic mass is 32.2. The number of sulfone groups is 1.